The molecule has 0 bridgehead atoms. The molecule has 3 nitrogen and oxygen atoms in total. The molecule has 78 valence electrons. The number of H-pyrrole nitrogens is 1. The summed E-state index contributed by atoms with van der Waals surface area (Å²) >= 11 is 0. The van der Waals surface area contributed by atoms with Crippen LogP contribution in [-0.2, 0) is 0 Å². The van der Waals surface area contributed by atoms with E-state index in [9.17, 15) is 12.9 Å². The largest absolute Gasteiger partial charge is 1.00 e. The zero-order chi connectivity index (χ0) is 10.2. The zero-order valence-electron chi connectivity index (χ0n) is 8.46. The van der Waals surface area contributed by atoms with E-state index in [1.807, 2.05) is 4.90 Å². The summed E-state index contributed by atoms with van der Waals surface area (Å²) in [5, 5.41) is 0. The van der Waals surface area contributed by atoms with E-state index in [-0.39, 0.29) is 57.3 Å². The van der Waals surface area contributed by atoms with Gasteiger partial charge in [0.2, 0.25) is 5.95 Å². The van der Waals surface area contributed by atoms with Crippen LogP contribution in [-0.4, -0.2) is 30.0 Å². The van der Waals surface area contributed by atoms with E-state index in [0.29, 0.717) is 19.0 Å². The predicted octanol–water partition coefficient (Wildman–Crippen LogP) is -1.30. The van der Waals surface area contributed by atoms with Crippen LogP contribution >= 0.6 is 0 Å². The first kappa shape index (κ1) is 13.6. The van der Waals surface area contributed by atoms with Crippen LogP contribution in [0.25, 0.3) is 0 Å². The Hall–Kier alpha value is 0.501. The molecule has 0 saturated carbocycles. The number of halogens is 3. The number of imidazole rings is 1. The number of anilines is 1. The summed E-state index contributed by atoms with van der Waals surface area (Å²) in [5.41, 5.74) is 0. The van der Waals surface area contributed by atoms with E-state index in [4.69, 9.17) is 0 Å². The summed E-state index contributed by atoms with van der Waals surface area (Å²) in [6, 6.07) is 0. The number of aromatic amines is 1. The van der Waals surface area contributed by atoms with Gasteiger partial charge in [0, 0.05) is 25.5 Å². The van der Waals surface area contributed by atoms with Crippen LogP contribution in [0.4, 0.5) is 18.9 Å². The molecule has 0 aliphatic carbocycles. The minimum absolute atomic E-state index is 0. The topological polar surface area (TPSA) is 31.9 Å². The maximum Gasteiger partial charge on any atom is 1.00 e. The Morgan fingerprint density at radius 3 is 2.60 bits per heavy atom. The quantitative estimate of drug-likeness (QED) is 0.669. The SMILES string of the molecule is F[B-](F)(F)CC1CN(c2ncc[nH]2)C1.[K+]. The molecule has 1 aliphatic rings. The maximum absolute atomic E-state index is 12.0. The van der Waals surface area contributed by atoms with Crippen LogP contribution in [0.3, 0.4) is 0 Å². The summed E-state index contributed by atoms with van der Waals surface area (Å²) in [4.78, 5) is 8.64. The van der Waals surface area contributed by atoms with Gasteiger partial charge in [-0.25, -0.2) is 4.98 Å². The molecule has 1 fully saturated rings. The second-order valence-corrected chi connectivity index (χ2v) is 3.63. The van der Waals surface area contributed by atoms with Crippen LogP contribution < -0.4 is 56.3 Å². The van der Waals surface area contributed by atoms with Crippen molar-refractivity contribution in [3.8, 4) is 0 Å². The minimum Gasteiger partial charge on any atom is -0.449 e. The van der Waals surface area contributed by atoms with Crippen molar-refractivity contribution in [2.45, 2.75) is 6.32 Å². The van der Waals surface area contributed by atoms with Gasteiger partial charge >= 0.3 is 58.4 Å². The summed E-state index contributed by atoms with van der Waals surface area (Å²) < 4.78 is 36.1. The first-order valence-corrected chi connectivity index (χ1v) is 4.50. The Kier molecular flexibility index (Phi) is 4.72. The third kappa shape index (κ3) is 3.78. The van der Waals surface area contributed by atoms with Gasteiger partial charge in [-0.1, -0.05) is 6.32 Å². The van der Waals surface area contributed by atoms with Crippen molar-refractivity contribution in [1.82, 2.24) is 9.97 Å². The molecule has 0 aromatic carbocycles. The summed E-state index contributed by atoms with van der Waals surface area (Å²) in [7, 11) is 0. The Bertz CT molecular complexity index is 297. The average molecular weight is 243 g/mol. The molecule has 0 amide bonds. The average Bonchev–Trinajstić information content (AvgIpc) is 2.45. The molecule has 0 unspecified atom stereocenters. The van der Waals surface area contributed by atoms with Crippen LogP contribution in [0.1, 0.15) is 0 Å². The van der Waals surface area contributed by atoms with Crippen LogP contribution in [0.2, 0.25) is 6.32 Å². The number of nitrogens with zero attached hydrogens (tertiary/aromatic N) is 2. The Morgan fingerprint density at radius 1 is 1.47 bits per heavy atom. The summed E-state index contributed by atoms with van der Waals surface area (Å²) in [5.74, 6) is 0.413. The molecule has 1 saturated heterocycles. The Labute approximate surface area is 128 Å². The van der Waals surface area contributed by atoms with Gasteiger partial charge in [-0.15, -0.1) is 0 Å². The van der Waals surface area contributed by atoms with Crippen LogP contribution in [0.15, 0.2) is 12.4 Å². The van der Waals surface area contributed by atoms with Gasteiger partial charge in [0.05, 0.1) is 0 Å². The van der Waals surface area contributed by atoms with Crippen molar-refractivity contribution in [1.29, 1.82) is 0 Å². The Morgan fingerprint density at radius 2 is 2.13 bits per heavy atom. The normalized spacial score (nSPS) is 17.1. The van der Waals surface area contributed by atoms with E-state index >= 15 is 0 Å². The second-order valence-electron chi connectivity index (χ2n) is 3.63. The number of rotatable bonds is 3. The second kappa shape index (κ2) is 5.22. The molecule has 2 rings (SSSR count). The van der Waals surface area contributed by atoms with Crippen molar-refractivity contribution in [2.75, 3.05) is 18.0 Å². The van der Waals surface area contributed by atoms with Gasteiger partial charge in [0.15, 0.2) is 0 Å². The number of hydrogen-bond acceptors (Lipinski definition) is 2. The molecule has 8 heteroatoms. The van der Waals surface area contributed by atoms with E-state index in [2.05, 4.69) is 9.97 Å². The van der Waals surface area contributed by atoms with E-state index in [1.54, 1.807) is 12.4 Å². The van der Waals surface area contributed by atoms with Gasteiger partial charge in [0.25, 0.3) is 0 Å². The molecule has 1 aromatic heterocycles. The monoisotopic (exact) mass is 243 g/mol. The molecular weight excluding hydrogens is 233 g/mol. The zero-order valence-corrected chi connectivity index (χ0v) is 11.6. The van der Waals surface area contributed by atoms with Crippen molar-refractivity contribution in [2.24, 2.45) is 5.92 Å². The van der Waals surface area contributed by atoms with E-state index < -0.39 is 13.3 Å². The van der Waals surface area contributed by atoms with Crippen molar-refractivity contribution < 1.29 is 64.3 Å². The summed E-state index contributed by atoms with van der Waals surface area (Å²) in [6.45, 7) is -3.73. The number of hydrogen-bond donors (Lipinski definition) is 1. The Balaban J connectivity index is 0.00000112. The fraction of sp³-hybridized carbons (Fsp3) is 0.571. The minimum atomic E-state index is -4.64. The predicted molar refractivity (Wildman–Crippen MR) is 48.2 cm³/mol. The molecule has 1 aromatic rings. The standard InChI is InChI=1S/C7H10BF3N3.K/c9-8(10,11)3-6-4-14(5-6)7-12-1-2-13-7;/h1-2,6H,3-5H2,(H,12,13);/q-1;+1. The molecule has 15 heavy (non-hydrogen) atoms. The van der Waals surface area contributed by atoms with Gasteiger partial charge < -0.3 is 22.8 Å². The first-order chi connectivity index (χ1) is 6.54. The smallest absolute Gasteiger partial charge is 0.449 e. The number of nitrogens with one attached hydrogen (secondary N) is 1. The van der Waals surface area contributed by atoms with Crippen molar-refractivity contribution in [3.63, 3.8) is 0 Å². The molecule has 0 spiro atoms. The molecule has 0 radical (unpaired) electrons. The van der Waals surface area contributed by atoms with E-state index in [0.717, 1.165) is 0 Å². The fourth-order valence-electron chi connectivity index (χ4n) is 1.70. The molecule has 1 N–H and O–H groups in total. The molecule has 2 heterocycles. The third-order valence-electron chi connectivity index (χ3n) is 2.34. The van der Waals surface area contributed by atoms with Gasteiger partial charge in [0.1, 0.15) is 0 Å². The van der Waals surface area contributed by atoms with Gasteiger partial charge in [-0.3, -0.25) is 0 Å². The number of aromatic nitrogens is 2. The molecular formula is C7H10BF3KN3. The summed E-state index contributed by atoms with van der Waals surface area (Å²) in [6.07, 6.45) is 2.63. The first-order valence-electron chi connectivity index (χ1n) is 4.50. The third-order valence-corrected chi connectivity index (χ3v) is 2.34. The van der Waals surface area contributed by atoms with Crippen LogP contribution in [0, 0.1) is 5.92 Å². The van der Waals surface area contributed by atoms with Crippen molar-refractivity contribution >= 4 is 12.9 Å². The van der Waals surface area contributed by atoms with Gasteiger partial charge in [-0.2, -0.15) is 0 Å². The maximum atomic E-state index is 12.0. The fourth-order valence-corrected chi connectivity index (χ4v) is 1.70. The van der Waals surface area contributed by atoms with E-state index in [1.165, 1.54) is 0 Å². The van der Waals surface area contributed by atoms with Crippen LogP contribution in [0.5, 0.6) is 0 Å². The molecule has 0 atom stereocenters. The van der Waals surface area contributed by atoms with Crippen molar-refractivity contribution in [3.05, 3.63) is 12.4 Å². The van der Waals surface area contributed by atoms with Gasteiger partial charge in [-0.05, 0) is 5.92 Å². The molecule has 1 aliphatic heterocycles.